The van der Waals surface area contributed by atoms with Crippen LogP contribution in [-0.2, 0) is 6.42 Å². The summed E-state index contributed by atoms with van der Waals surface area (Å²) in [7, 11) is 0. The van der Waals surface area contributed by atoms with E-state index in [0.717, 1.165) is 38.1 Å². The SMILES string of the molecule is CC(Cc1ccc2oc(=O)[nH]c2c1)N1CCNCC1. The highest BCUT2D eigenvalue weighted by atomic mass is 16.4. The molecule has 5 nitrogen and oxygen atoms in total. The summed E-state index contributed by atoms with van der Waals surface area (Å²) in [5.41, 5.74) is 2.65. The van der Waals surface area contributed by atoms with Crippen molar-refractivity contribution in [3.8, 4) is 0 Å². The Balaban J connectivity index is 1.74. The van der Waals surface area contributed by atoms with Crippen LogP contribution in [0.5, 0.6) is 0 Å². The minimum atomic E-state index is -0.387. The number of piperazine rings is 1. The topological polar surface area (TPSA) is 61.3 Å². The van der Waals surface area contributed by atoms with Crippen LogP contribution in [0.3, 0.4) is 0 Å². The van der Waals surface area contributed by atoms with E-state index >= 15 is 0 Å². The van der Waals surface area contributed by atoms with Crippen LogP contribution in [0.2, 0.25) is 0 Å². The molecule has 3 rings (SSSR count). The molecular formula is C14H19N3O2. The van der Waals surface area contributed by atoms with Crippen molar-refractivity contribution in [2.75, 3.05) is 26.2 Å². The highest BCUT2D eigenvalue weighted by molar-refractivity contribution is 5.72. The van der Waals surface area contributed by atoms with Gasteiger partial charge in [-0.2, -0.15) is 0 Å². The van der Waals surface area contributed by atoms with E-state index in [0.29, 0.717) is 11.6 Å². The van der Waals surface area contributed by atoms with Gasteiger partial charge in [0.05, 0.1) is 5.52 Å². The molecule has 2 aromatic rings. The second kappa shape index (κ2) is 5.19. The van der Waals surface area contributed by atoms with Crippen LogP contribution < -0.4 is 11.1 Å². The zero-order valence-corrected chi connectivity index (χ0v) is 11.1. The van der Waals surface area contributed by atoms with Gasteiger partial charge in [0.15, 0.2) is 5.58 Å². The Morgan fingerprint density at radius 3 is 2.95 bits per heavy atom. The average Bonchev–Trinajstić information content (AvgIpc) is 2.79. The van der Waals surface area contributed by atoms with E-state index in [2.05, 4.69) is 22.1 Å². The predicted octanol–water partition coefficient (Wildman–Crippen LogP) is 0.957. The lowest BCUT2D eigenvalue weighted by Gasteiger charge is -2.32. The van der Waals surface area contributed by atoms with Crippen molar-refractivity contribution in [1.29, 1.82) is 0 Å². The van der Waals surface area contributed by atoms with Crippen LogP contribution in [0.15, 0.2) is 27.4 Å². The Bertz CT molecular complexity index is 610. The molecule has 19 heavy (non-hydrogen) atoms. The summed E-state index contributed by atoms with van der Waals surface area (Å²) in [6.07, 6.45) is 0.989. The minimum Gasteiger partial charge on any atom is -0.408 e. The zero-order valence-electron chi connectivity index (χ0n) is 11.1. The van der Waals surface area contributed by atoms with Gasteiger partial charge in [-0.25, -0.2) is 4.79 Å². The number of aromatic nitrogens is 1. The van der Waals surface area contributed by atoms with Crippen LogP contribution in [-0.4, -0.2) is 42.1 Å². The summed E-state index contributed by atoms with van der Waals surface area (Å²) in [6.45, 7) is 6.60. The first-order valence-corrected chi connectivity index (χ1v) is 6.79. The molecule has 1 aliphatic heterocycles. The Hall–Kier alpha value is -1.59. The van der Waals surface area contributed by atoms with E-state index in [1.54, 1.807) is 0 Å². The van der Waals surface area contributed by atoms with Gasteiger partial charge < -0.3 is 9.73 Å². The Kier molecular flexibility index (Phi) is 3.40. The molecule has 5 heteroatoms. The van der Waals surface area contributed by atoms with Crippen LogP contribution >= 0.6 is 0 Å². The van der Waals surface area contributed by atoms with E-state index in [4.69, 9.17) is 4.42 Å². The Morgan fingerprint density at radius 2 is 2.16 bits per heavy atom. The van der Waals surface area contributed by atoms with E-state index < -0.39 is 0 Å². The molecule has 102 valence electrons. The molecular weight excluding hydrogens is 242 g/mol. The molecule has 0 amide bonds. The van der Waals surface area contributed by atoms with Crippen LogP contribution in [0.1, 0.15) is 12.5 Å². The number of rotatable bonds is 3. The lowest BCUT2D eigenvalue weighted by atomic mass is 10.0. The van der Waals surface area contributed by atoms with Gasteiger partial charge in [-0.1, -0.05) is 6.07 Å². The van der Waals surface area contributed by atoms with Gasteiger partial charge in [0, 0.05) is 32.2 Å². The lowest BCUT2D eigenvalue weighted by molar-refractivity contribution is 0.183. The van der Waals surface area contributed by atoms with E-state index in [9.17, 15) is 4.79 Å². The number of hydrogen-bond donors (Lipinski definition) is 2. The highest BCUT2D eigenvalue weighted by Gasteiger charge is 2.16. The number of benzene rings is 1. The number of oxazole rings is 1. The van der Waals surface area contributed by atoms with Crippen molar-refractivity contribution in [3.63, 3.8) is 0 Å². The van der Waals surface area contributed by atoms with Crippen LogP contribution in [0, 0.1) is 0 Å². The van der Waals surface area contributed by atoms with Gasteiger partial charge in [-0.15, -0.1) is 0 Å². The van der Waals surface area contributed by atoms with Gasteiger partial charge in [-0.3, -0.25) is 9.88 Å². The van der Waals surface area contributed by atoms with Gasteiger partial charge in [0.25, 0.3) is 0 Å². The molecule has 1 aromatic carbocycles. The van der Waals surface area contributed by atoms with Crippen LogP contribution in [0.4, 0.5) is 0 Å². The predicted molar refractivity (Wildman–Crippen MR) is 74.4 cm³/mol. The largest absolute Gasteiger partial charge is 0.417 e. The van der Waals surface area contributed by atoms with Crippen molar-refractivity contribution >= 4 is 11.1 Å². The molecule has 2 heterocycles. The molecule has 1 saturated heterocycles. The molecule has 1 fully saturated rings. The van der Waals surface area contributed by atoms with E-state index in [1.807, 2.05) is 18.2 Å². The maximum atomic E-state index is 11.1. The molecule has 1 aromatic heterocycles. The maximum Gasteiger partial charge on any atom is 0.417 e. The maximum absolute atomic E-state index is 11.1. The average molecular weight is 261 g/mol. The van der Waals surface area contributed by atoms with Crippen molar-refractivity contribution in [2.45, 2.75) is 19.4 Å². The van der Waals surface area contributed by atoms with Gasteiger partial charge in [-0.05, 0) is 31.0 Å². The lowest BCUT2D eigenvalue weighted by Crippen LogP contribution is -2.48. The van der Waals surface area contributed by atoms with Gasteiger partial charge >= 0.3 is 5.76 Å². The second-order valence-electron chi connectivity index (χ2n) is 5.18. The minimum absolute atomic E-state index is 0.387. The number of H-pyrrole nitrogens is 1. The molecule has 0 aliphatic carbocycles. The normalized spacial score (nSPS) is 18.8. The molecule has 0 radical (unpaired) electrons. The quantitative estimate of drug-likeness (QED) is 0.864. The van der Waals surface area contributed by atoms with Gasteiger partial charge in [0.1, 0.15) is 0 Å². The molecule has 0 bridgehead atoms. The third-order valence-electron chi connectivity index (χ3n) is 3.79. The molecule has 2 N–H and O–H groups in total. The van der Waals surface area contributed by atoms with Crippen LogP contribution in [0.25, 0.3) is 11.1 Å². The summed E-state index contributed by atoms with van der Waals surface area (Å²) >= 11 is 0. The number of nitrogens with zero attached hydrogens (tertiary/aromatic N) is 1. The summed E-state index contributed by atoms with van der Waals surface area (Å²) in [5, 5.41) is 3.37. The Labute approximate surface area is 111 Å². The van der Waals surface area contributed by atoms with Crippen molar-refractivity contribution in [1.82, 2.24) is 15.2 Å². The first-order chi connectivity index (χ1) is 9.22. The molecule has 0 spiro atoms. The Morgan fingerprint density at radius 1 is 1.37 bits per heavy atom. The van der Waals surface area contributed by atoms with Gasteiger partial charge in [0.2, 0.25) is 0 Å². The summed E-state index contributed by atoms with van der Waals surface area (Å²) < 4.78 is 5.01. The van der Waals surface area contributed by atoms with E-state index in [-0.39, 0.29) is 5.76 Å². The molecule has 1 aliphatic rings. The third-order valence-corrected chi connectivity index (χ3v) is 3.79. The fourth-order valence-corrected chi connectivity index (χ4v) is 2.72. The third kappa shape index (κ3) is 2.72. The number of fused-ring (bicyclic) bond motifs is 1. The number of hydrogen-bond acceptors (Lipinski definition) is 4. The summed E-state index contributed by atoms with van der Waals surface area (Å²) in [6, 6.07) is 6.43. The molecule has 1 atom stereocenters. The second-order valence-corrected chi connectivity index (χ2v) is 5.18. The van der Waals surface area contributed by atoms with Crippen molar-refractivity contribution in [2.24, 2.45) is 0 Å². The monoisotopic (exact) mass is 261 g/mol. The first kappa shape index (κ1) is 12.4. The molecule has 0 saturated carbocycles. The summed E-state index contributed by atoms with van der Waals surface area (Å²) in [4.78, 5) is 16.3. The van der Waals surface area contributed by atoms with Crippen molar-refractivity contribution < 1.29 is 4.42 Å². The fourth-order valence-electron chi connectivity index (χ4n) is 2.72. The number of aromatic amines is 1. The zero-order chi connectivity index (χ0) is 13.2. The standard InChI is InChI=1S/C14H19N3O2/c1-10(17-6-4-15-5-7-17)8-11-2-3-13-12(9-11)16-14(18)19-13/h2-3,9-10,15H,4-8H2,1H3,(H,16,18). The number of nitrogens with one attached hydrogen (secondary N) is 2. The van der Waals surface area contributed by atoms with E-state index in [1.165, 1.54) is 5.56 Å². The highest BCUT2D eigenvalue weighted by Crippen LogP contribution is 2.15. The fraction of sp³-hybridized carbons (Fsp3) is 0.500. The molecule has 1 unspecified atom stereocenters. The smallest absolute Gasteiger partial charge is 0.408 e. The summed E-state index contributed by atoms with van der Waals surface area (Å²) in [5.74, 6) is -0.387. The van der Waals surface area contributed by atoms with Crippen molar-refractivity contribution in [3.05, 3.63) is 34.3 Å². The first-order valence-electron chi connectivity index (χ1n) is 6.79.